The number of nitrogens with zero attached hydrogens (tertiary/aromatic N) is 1. The van der Waals surface area contributed by atoms with Gasteiger partial charge in [-0.3, -0.25) is 0 Å². The molecule has 1 aromatic carbocycles. The summed E-state index contributed by atoms with van der Waals surface area (Å²) in [5.74, 6) is 2.09. The van der Waals surface area contributed by atoms with E-state index in [0.717, 1.165) is 11.3 Å². The van der Waals surface area contributed by atoms with E-state index in [4.69, 9.17) is 14.2 Å². The molecule has 0 N–H and O–H groups in total. The second-order valence-corrected chi connectivity index (χ2v) is 5.00. The molecule has 0 bridgehead atoms. The monoisotopic (exact) mass is 261 g/mol. The zero-order chi connectivity index (χ0) is 13.9. The number of rotatable bonds is 4. The third kappa shape index (κ3) is 3.28. The van der Waals surface area contributed by atoms with Gasteiger partial charge < -0.3 is 14.2 Å². The Balaban J connectivity index is 2.16. The van der Waals surface area contributed by atoms with Crippen LogP contribution in [0, 0.1) is 0 Å². The summed E-state index contributed by atoms with van der Waals surface area (Å²) in [4.78, 5) is 4.46. The van der Waals surface area contributed by atoms with Crippen molar-refractivity contribution in [2.24, 2.45) is 4.99 Å². The molecule has 19 heavy (non-hydrogen) atoms. The summed E-state index contributed by atoms with van der Waals surface area (Å²) < 4.78 is 16.0. The fourth-order valence-electron chi connectivity index (χ4n) is 1.82. The van der Waals surface area contributed by atoms with E-state index in [-0.39, 0.29) is 5.54 Å². The first kappa shape index (κ1) is 13.5. The molecule has 4 heteroatoms. The van der Waals surface area contributed by atoms with Crippen molar-refractivity contribution in [3.63, 3.8) is 0 Å². The minimum atomic E-state index is -0.128. The summed E-state index contributed by atoms with van der Waals surface area (Å²) in [6.45, 7) is 4.72. The van der Waals surface area contributed by atoms with E-state index >= 15 is 0 Å². The predicted octanol–water partition coefficient (Wildman–Crippen LogP) is 2.92. The third-order valence-corrected chi connectivity index (χ3v) is 2.81. The number of methoxy groups -OCH3 is 2. The molecular formula is C15H19NO3. The van der Waals surface area contributed by atoms with Crippen LogP contribution < -0.4 is 9.47 Å². The van der Waals surface area contributed by atoms with Crippen LogP contribution in [0.25, 0.3) is 6.08 Å². The van der Waals surface area contributed by atoms with Gasteiger partial charge in [-0.05, 0) is 37.6 Å². The number of aliphatic imine (C=N–C) groups is 1. The van der Waals surface area contributed by atoms with Crippen LogP contribution in [0.5, 0.6) is 11.5 Å². The highest BCUT2D eigenvalue weighted by Gasteiger charge is 2.24. The molecule has 1 aliphatic heterocycles. The van der Waals surface area contributed by atoms with Crippen molar-refractivity contribution >= 4 is 12.0 Å². The number of benzene rings is 1. The lowest BCUT2D eigenvalue weighted by Crippen LogP contribution is -2.17. The molecule has 2 rings (SSSR count). The van der Waals surface area contributed by atoms with Gasteiger partial charge in [0.2, 0.25) is 5.90 Å². The van der Waals surface area contributed by atoms with E-state index in [0.29, 0.717) is 18.3 Å². The van der Waals surface area contributed by atoms with Gasteiger partial charge in [0.15, 0.2) is 11.5 Å². The van der Waals surface area contributed by atoms with Crippen LogP contribution in [0.4, 0.5) is 0 Å². The fraction of sp³-hybridized carbons (Fsp3) is 0.400. The molecular weight excluding hydrogens is 242 g/mol. The van der Waals surface area contributed by atoms with Crippen LogP contribution >= 0.6 is 0 Å². The second kappa shape index (κ2) is 5.34. The summed E-state index contributed by atoms with van der Waals surface area (Å²) in [5, 5.41) is 0. The first-order valence-corrected chi connectivity index (χ1v) is 6.17. The molecule has 0 spiro atoms. The summed E-state index contributed by atoms with van der Waals surface area (Å²) in [5.41, 5.74) is 0.880. The van der Waals surface area contributed by atoms with Gasteiger partial charge in [0.1, 0.15) is 6.61 Å². The van der Waals surface area contributed by atoms with Crippen LogP contribution in [0.3, 0.4) is 0 Å². The molecule has 0 amide bonds. The normalized spacial score (nSPS) is 17.2. The molecule has 0 radical (unpaired) electrons. The van der Waals surface area contributed by atoms with Gasteiger partial charge in [-0.25, -0.2) is 4.99 Å². The molecule has 0 saturated carbocycles. The number of hydrogen-bond donors (Lipinski definition) is 0. The van der Waals surface area contributed by atoms with Gasteiger partial charge in [0, 0.05) is 6.08 Å². The van der Waals surface area contributed by atoms with Crippen LogP contribution in [-0.4, -0.2) is 32.3 Å². The SMILES string of the molecule is COc1ccc(/C=C/C2=NC(C)(C)CO2)cc1OC. The lowest BCUT2D eigenvalue weighted by Gasteiger charge is -2.07. The third-order valence-electron chi connectivity index (χ3n) is 2.81. The average molecular weight is 261 g/mol. The largest absolute Gasteiger partial charge is 0.493 e. The minimum Gasteiger partial charge on any atom is -0.493 e. The molecule has 1 aromatic rings. The van der Waals surface area contributed by atoms with Crippen molar-refractivity contribution in [3.05, 3.63) is 29.8 Å². The van der Waals surface area contributed by atoms with E-state index in [1.165, 1.54) is 0 Å². The lowest BCUT2D eigenvalue weighted by atomic mass is 10.1. The highest BCUT2D eigenvalue weighted by atomic mass is 16.5. The van der Waals surface area contributed by atoms with E-state index in [1.54, 1.807) is 14.2 Å². The van der Waals surface area contributed by atoms with Gasteiger partial charge in [0.25, 0.3) is 0 Å². The zero-order valence-electron chi connectivity index (χ0n) is 11.8. The Hall–Kier alpha value is -1.97. The smallest absolute Gasteiger partial charge is 0.209 e. The Bertz CT molecular complexity index is 518. The van der Waals surface area contributed by atoms with Crippen molar-refractivity contribution in [2.45, 2.75) is 19.4 Å². The Morgan fingerprint density at radius 3 is 2.47 bits per heavy atom. The summed E-state index contributed by atoms with van der Waals surface area (Å²) in [6.07, 6.45) is 3.82. The Morgan fingerprint density at radius 1 is 1.16 bits per heavy atom. The van der Waals surface area contributed by atoms with Crippen molar-refractivity contribution in [1.82, 2.24) is 0 Å². The maximum Gasteiger partial charge on any atom is 0.209 e. The fourth-order valence-corrected chi connectivity index (χ4v) is 1.82. The minimum absolute atomic E-state index is 0.128. The van der Waals surface area contributed by atoms with E-state index < -0.39 is 0 Å². The number of ether oxygens (including phenoxy) is 3. The molecule has 0 aliphatic carbocycles. The second-order valence-electron chi connectivity index (χ2n) is 5.00. The Labute approximate surface area is 113 Å². The first-order valence-electron chi connectivity index (χ1n) is 6.17. The molecule has 0 unspecified atom stereocenters. The first-order chi connectivity index (χ1) is 9.04. The van der Waals surface area contributed by atoms with Gasteiger partial charge in [-0.15, -0.1) is 0 Å². The average Bonchev–Trinajstić information content (AvgIpc) is 2.75. The lowest BCUT2D eigenvalue weighted by molar-refractivity contribution is 0.280. The van der Waals surface area contributed by atoms with Crippen LogP contribution in [0.1, 0.15) is 19.4 Å². The van der Waals surface area contributed by atoms with Crippen molar-refractivity contribution in [2.75, 3.05) is 20.8 Å². The maximum absolute atomic E-state index is 5.50. The van der Waals surface area contributed by atoms with Crippen molar-refractivity contribution in [3.8, 4) is 11.5 Å². The summed E-state index contributed by atoms with van der Waals surface area (Å²) in [6, 6.07) is 5.74. The molecule has 0 fully saturated rings. The molecule has 0 atom stereocenters. The quantitative estimate of drug-likeness (QED) is 0.836. The topological polar surface area (TPSA) is 40.0 Å². The summed E-state index contributed by atoms with van der Waals surface area (Å²) >= 11 is 0. The van der Waals surface area contributed by atoms with Gasteiger partial charge >= 0.3 is 0 Å². The molecule has 0 aromatic heterocycles. The van der Waals surface area contributed by atoms with Crippen LogP contribution in [-0.2, 0) is 4.74 Å². The van der Waals surface area contributed by atoms with Crippen molar-refractivity contribution in [1.29, 1.82) is 0 Å². The Morgan fingerprint density at radius 2 is 1.89 bits per heavy atom. The van der Waals surface area contributed by atoms with Crippen LogP contribution in [0.2, 0.25) is 0 Å². The highest BCUT2D eigenvalue weighted by molar-refractivity contribution is 5.93. The molecule has 4 nitrogen and oxygen atoms in total. The van der Waals surface area contributed by atoms with Crippen molar-refractivity contribution < 1.29 is 14.2 Å². The molecule has 0 saturated heterocycles. The van der Waals surface area contributed by atoms with Gasteiger partial charge in [-0.1, -0.05) is 6.07 Å². The standard InChI is InChI=1S/C15H19NO3/c1-15(2)10-19-14(16-15)8-6-11-5-7-12(17-3)13(9-11)18-4/h5-9H,10H2,1-4H3/b8-6+. The van der Waals surface area contributed by atoms with E-state index in [2.05, 4.69) is 4.99 Å². The van der Waals surface area contributed by atoms with E-state index in [9.17, 15) is 0 Å². The maximum atomic E-state index is 5.50. The Kier molecular flexibility index (Phi) is 3.79. The molecule has 1 heterocycles. The zero-order valence-corrected chi connectivity index (χ0v) is 11.8. The predicted molar refractivity (Wildman–Crippen MR) is 76.0 cm³/mol. The van der Waals surface area contributed by atoms with E-state index in [1.807, 2.05) is 44.2 Å². The van der Waals surface area contributed by atoms with Gasteiger partial charge in [-0.2, -0.15) is 0 Å². The molecule has 102 valence electrons. The summed E-state index contributed by atoms with van der Waals surface area (Å²) in [7, 11) is 3.24. The van der Waals surface area contributed by atoms with Crippen LogP contribution in [0.15, 0.2) is 29.3 Å². The highest BCUT2D eigenvalue weighted by Crippen LogP contribution is 2.28. The molecule has 1 aliphatic rings. The van der Waals surface area contributed by atoms with Gasteiger partial charge in [0.05, 0.1) is 19.8 Å². The number of hydrogen-bond acceptors (Lipinski definition) is 4.